The molecule has 23 heavy (non-hydrogen) atoms. The Hall–Kier alpha value is -0.610. The molecule has 0 unspecified atom stereocenters. The number of nitrogens with one attached hydrogen (secondary N) is 1. The summed E-state index contributed by atoms with van der Waals surface area (Å²) >= 11 is 0. The highest BCUT2D eigenvalue weighted by Gasteiger charge is 2.44. The average Bonchev–Trinajstić information content (AvgIpc) is 3.30. The van der Waals surface area contributed by atoms with Crippen molar-refractivity contribution in [2.75, 3.05) is 26.2 Å². The van der Waals surface area contributed by atoms with Gasteiger partial charge in [0, 0.05) is 31.6 Å². The summed E-state index contributed by atoms with van der Waals surface area (Å²) in [6, 6.07) is 0.488. The smallest absolute Gasteiger partial charge is 0.223 e. The van der Waals surface area contributed by atoms with Gasteiger partial charge in [-0.3, -0.25) is 9.69 Å². The van der Waals surface area contributed by atoms with Crippen LogP contribution in [-0.2, 0) is 9.53 Å². The van der Waals surface area contributed by atoms with Crippen LogP contribution in [0.5, 0.6) is 0 Å². The van der Waals surface area contributed by atoms with Crippen molar-refractivity contribution >= 4 is 5.91 Å². The molecule has 0 radical (unpaired) electrons. The molecule has 4 heteroatoms. The van der Waals surface area contributed by atoms with Crippen molar-refractivity contribution in [3.05, 3.63) is 0 Å². The summed E-state index contributed by atoms with van der Waals surface area (Å²) in [6.45, 7) is 4.05. The van der Waals surface area contributed by atoms with Gasteiger partial charge in [0.2, 0.25) is 5.91 Å². The Morgan fingerprint density at radius 3 is 2.65 bits per heavy atom. The predicted molar refractivity (Wildman–Crippen MR) is 90.1 cm³/mol. The van der Waals surface area contributed by atoms with Gasteiger partial charge in [-0.25, -0.2) is 0 Å². The molecule has 130 valence electrons. The number of morpholine rings is 1. The number of carbonyl (C=O) groups excluding carboxylic acids is 1. The molecule has 3 saturated carbocycles. The molecule has 4 rings (SSSR count). The highest BCUT2D eigenvalue weighted by molar-refractivity contribution is 5.79. The van der Waals surface area contributed by atoms with Crippen LogP contribution in [0.3, 0.4) is 0 Å². The molecule has 0 aromatic rings. The number of amides is 1. The van der Waals surface area contributed by atoms with E-state index in [0.717, 1.165) is 44.4 Å². The summed E-state index contributed by atoms with van der Waals surface area (Å²) in [7, 11) is 0. The fourth-order valence-electron chi connectivity index (χ4n) is 4.88. The maximum atomic E-state index is 12.4. The van der Waals surface area contributed by atoms with Gasteiger partial charge in [-0.2, -0.15) is 0 Å². The van der Waals surface area contributed by atoms with Gasteiger partial charge in [0.25, 0.3) is 0 Å². The van der Waals surface area contributed by atoms with Crippen LogP contribution in [0.2, 0.25) is 0 Å². The van der Waals surface area contributed by atoms with E-state index < -0.39 is 0 Å². The Kier molecular flexibility index (Phi) is 4.91. The Labute approximate surface area is 140 Å². The summed E-state index contributed by atoms with van der Waals surface area (Å²) in [5, 5.41) is 3.18. The van der Waals surface area contributed by atoms with E-state index in [1.54, 1.807) is 0 Å². The maximum Gasteiger partial charge on any atom is 0.223 e. The molecule has 0 aromatic heterocycles. The SMILES string of the molecule is O=C(NCC1CC1)[C@H]1C[C@@H]2[C@@H](C1)OCCN2CC1CCCCC1. The summed E-state index contributed by atoms with van der Waals surface area (Å²) in [5.74, 6) is 2.11. The van der Waals surface area contributed by atoms with Gasteiger partial charge in [0.1, 0.15) is 0 Å². The topological polar surface area (TPSA) is 41.6 Å². The summed E-state index contributed by atoms with van der Waals surface area (Å²) in [4.78, 5) is 15.1. The lowest BCUT2D eigenvalue weighted by atomic mass is 9.88. The first-order valence-corrected chi connectivity index (χ1v) is 9.93. The van der Waals surface area contributed by atoms with Crippen molar-refractivity contribution in [3.8, 4) is 0 Å². The molecular formula is C19H32N2O2. The first kappa shape index (κ1) is 15.9. The van der Waals surface area contributed by atoms with Crippen molar-refractivity contribution in [1.82, 2.24) is 10.2 Å². The van der Waals surface area contributed by atoms with Crippen LogP contribution in [0, 0.1) is 17.8 Å². The molecule has 4 nitrogen and oxygen atoms in total. The summed E-state index contributed by atoms with van der Waals surface area (Å²) < 4.78 is 6.02. The zero-order chi connectivity index (χ0) is 15.6. The van der Waals surface area contributed by atoms with E-state index in [4.69, 9.17) is 4.74 Å². The molecule has 1 heterocycles. The second-order valence-electron chi connectivity index (χ2n) is 8.33. The van der Waals surface area contributed by atoms with E-state index in [-0.39, 0.29) is 11.8 Å². The molecule has 3 atom stereocenters. The van der Waals surface area contributed by atoms with Crippen LogP contribution in [0.4, 0.5) is 0 Å². The van der Waals surface area contributed by atoms with Crippen LogP contribution < -0.4 is 5.32 Å². The summed E-state index contributed by atoms with van der Waals surface area (Å²) in [6.07, 6.45) is 11.9. The van der Waals surface area contributed by atoms with E-state index in [1.165, 1.54) is 51.5 Å². The predicted octanol–water partition coefficient (Wildman–Crippen LogP) is 2.57. The molecule has 0 aromatic carbocycles. The molecule has 1 saturated heterocycles. The first-order chi connectivity index (χ1) is 11.3. The molecule has 3 aliphatic carbocycles. The highest BCUT2D eigenvalue weighted by atomic mass is 16.5. The third-order valence-electron chi connectivity index (χ3n) is 6.50. The minimum Gasteiger partial charge on any atom is -0.375 e. The van der Waals surface area contributed by atoms with Gasteiger partial charge in [-0.1, -0.05) is 19.3 Å². The van der Waals surface area contributed by atoms with Crippen LogP contribution in [-0.4, -0.2) is 49.2 Å². The van der Waals surface area contributed by atoms with Crippen LogP contribution >= 0.6 is 0 Å². The minimum atomic E-state index is 0.177. The molecule has 0 bridgehead atoms. The normalized spacial score (nSPS) is 35.9. The van der Waals surface area contributed by atoms with E-state index in [9.17, 15) is 4.79 Å². The van der Waals surface area contributed by atoms with Gasteiger partial charge in [0.15, 0.2) is 0 Å². The molecule has 4 aliphatic rings. The van der Waals surface area contributed by atoms with Gasteiger partial charge in [-0.05, 0) is 50.4 Å². The zero-order valence-electron chi connectivity index (χ0n) is 14.3. The van der Waals surface area contributed by atoms with Crippen LogP contribution in [0.1, 0.15) is 57.8 Å². The van der Waals surface area contributed by atoms with Gasteiger partial charge < -0.3 is 10.1 Å². The average molecular weight is 320 g/mol. The Morgan fingerprint density at radius 1 is 1.04 bits per heavy atom. The quantitative estimate of drug-likeness (QED) is 0.846. The van der Waals surface area contributed by atoms with Crippen molar-refractivity contribution in [1.29, 1.82) is 0 Å². The lowest BCUT2D eigenvalue weighted by Gasteiger charge is -2.40. The number of nitrogens with zero attached hydrogens (tertiary/aromatic N) is 1. The van der Waals surface area contributed by atoms with Crippen molar-refractivity contribution in [2.45, 2.75) is 69.9 Å². The third-order valence-corrected chi connectivity index (χ3v) is 6.50. The van der Waals surface area contributed by atoms with Crippen molar-refractivity contribution < 1.29 is 9.53 Å². The standard InChI is InChI=1S/C19H32N2O2/c22-19(20-12-14-6-7-14)16-10-17-18(11-16)23-9-8-21(17)13-15-4-2-1-3-5-15/h14-18H,1-13H2,(H,20,22)/t16-,17+,18+/m0/s1. The van der Waals surface area contributed by atoms with Gasteiger partial charge in [0.05, 0.1) is 12.7 Å². The Balaban J connectivity index is 1.31. The fraction of sp³-hybridized carbons (Fsp3) is 0.947. The van der Waals surface area contributed by atoms with Crippen molar-refractivity contribution in [2.24, 2.45) is 17.8 Å². The third kappa shape index (κ3) is 3.90. The fourth-order valence-corrected chi connectivity index (χ4v) is 4.88. The first-order valence-electron chi connectivity index (χ1n) is 9.93. The number of hydrogen-bond donors (Lipinski definition) is 1. The maximum absolute atomic E-state index is 12.4. The lowest BCUT2D eigenvalue weighted by Crippen LogP contribution is -2.50. The van der Waals surface area contributed by atoms with E-state index >= 15 is 0 Å². The largest absolute Gasteiger partial charge is 0.375 e. The van der Waals surface area contributed by atoms with Gasteiger partial charge in [-0.15, -0.1) is 0 Å². The minimum absolute atomic E-state index is 0.177. The number of hydrogen-bond acceptors (Lipinski definition) is 3. The van der Waals surface area contributed by atoms with E-state index in [0.29, 0.717) is 12.1 Å². The Morgan fingerprint density at radius 2 is 1.87 bits per heavy atom. The van der Waals surface area contributed by atoms with E-state index in [1.807, 2.05) is 0 Å². The second kappa shape index (κ2) is 7.10. The van der Waals surface area contributed by atoms with Gasteiger partial charge >= 0.3 is 0 Å². The monoisotopic (exact) mass is 320 g/mol. The Bertz CT molecular complexity index is 418. The molecule has 1 N–H and O–H groups in total. The van der Waals surface area contributed by atoms with E-state index in [2.05, 4.69) is 10.2 Å². The number of ether oxygens (including phenoxy) is 1. The van der Waals surface area contributed by atoms with Crippen LogP contribution in [0.15, 0.2) is 0 Å². The molecule has 1 aliphatic heterocycles. The molecule has 4 fully saturated rings. The highest BCUT2D eigenvalue weighted by Crippen LogP contribution is 2.36. The summed E-state index contributed by atoms with van der Waals surface area (Å²) in [5.41, 5.74) is 0. The number of carbonyl (C=O) groups is 1. The second-order valence-corrected chi connectivity index (χ2v) is 8.33. The molecule has 1 amide bonds. The molecular weight excluding hydrogens is 288 g/mol. The van der Waals surface area contributed by atoms with Crippen molar-refractivity contribution in [3.63, 3.8) is 0 Å². The number of fused-ring (bicyclic) bond motifs is 1. The lowest BCUT2D eigenvalue weighted by molar-refractivity contribution is -0.125. The van der Waals surface area contributed by atoms with Crippen LogP contribution in [0.25, 0.3) is 0 Å². The molecule has 0 spiro atoms. The number of rotatable bonds is 5. The zero-order valence-corrected chi connectivity index (χ0v) is 14.3.